The molecule has 0 heterocycles. The molecule has 0 bridgehead atoms. The van der Waals surface area contributed by atoms with E-state index in [1.54, 1.807) is 18.4 Å². The largest absolute Gasteiger partial charge is 0.449 e. The van der Waals surface area contributed by atoms with Gasteiger partial charge in [-0.15, -0.1) is 6.58 Å². The minimum absolute atomic E-state index is 0.0802. The maximum Gasteiger partial charge on any atom is 0.329 e. The van der Waals surface area contributed by atoms with Gasteiger partial charge in [0.25, 0.3) is 0 Å². The van der Waals surface area contributed by atoms with E-state index in [0.29, 0.717) is 6.42 Å². The van der Waals surface area contributed by atoms with Gasteiger partial charge in [0.15, 0.2) is 11.7 Å². The number of carbonyl (C=O) groups is 3. The lowest BCUT2D eigenvalue weighted by Crippen LogP contribution is -2.42. The van der Waals surface area contributed by atoms with Crippen LogP contribution in [0.1, 0.15) is 25.7 Å². The zero-order valence-corrected chi connectivity index (χ0v) is 12.2. The lowest BCUT2D eigenvalue weighted by Gasteiger charge is -2.16. The molecule has 0 fully saturated rings. The first kappa shape index (κ1) is 18.2. The summed E-state index contributed by atoms with van der Waals surface area (Å²) in [5.41, 5.74) is 0. The van der Waals surface area contributed by atoms with Crippen LogP contribution in [0.25, 0.3) is 0 Å². The molecule has 0 aromatic heterocycles. The van der Waals surface area contributed by atoms with Crippen molar-refractivity contribution in [1.29, 1.82) is 5.26 Å². The average molecular weight is 298 g/mol. The highest BCUT2D eigenvalue weighted by atomic mass is 32.2. The molecule has 0 aromatic rings. The number of hydrogen-bond acceptors (Lipinski definition) is 6. The van der Waals surface area contributed by atoms with Gasteiger partial charge in [0, 0.05) is 12.8 Å². The van der Waals surface area contributed by atoms with Crippen molar-refractivity contribution in [2.45, 2.75) is 31.7 Å². The first-order valence-corrected chi connectivity index (χ1v) is 7.28. The maximum absolute atomic E-state index is 11.7. The molecular weight excluding hydrogens is 280 g/mol. The quantitative estimate of drug-likeness (QED) is 0.507. The second kappa shape index (κ2) is 11.1. The van der Waals surface area contributed by atoms with Crippen LogP contribution in [0.3, 0.4) is 0 Å². The molecule has 0 rings (SSSR count). The fourth-order valence-corrected chi connectivity index (χ4v) is 1.64. The van der Waals surface area contributed by atoms with E-state index in [1.165, 1.54) is 0 Å². The van der Waals surface area contributed by atoms with E-state index in [0.717, 1.165) is 11.8 Å². The molecule has 1 amide bonds. The summed E-state index contributed by atoms with van der Waals surface area (Å²) in [4.78, 5) is 34.5. The van der Waals surface area contributed by atoms with Crippen LogP contribution in [0.5, 0.6) is 0 Å². The molecule has 0 aliphatic rings. The number of rotatable bonds is 9. The Bertz CT molecular complexity index is 404. The normalized spacial score (nSPS) is 11.0. The molecule has 0 saturated heterocycles. The third-order valence-electron chi connectivity index (χ3n) is 2.34. The summed E-state index contributed by atoms with van der Waals surface area (Å²) in [6, 6.07) is 0.771. The summed E-state index contributed by atoms with van der Waals surface area (Å²) < 4.78 is 4.67. The third kappa shape index (κ3) is 8.32. The number of hydrogen-bond donors (Lipinski definition) is 1. The van der Waals surface area contributed by atoms with Gasteiger partial charge >= 0.3 is 5.97 Å². The molecule has 0 spiro atoms. The maximum atomic E-state index is 11.7. The molecule has 1 N–H and O–H groups in total. The number of carbonyl (C=O) groups excluding carboxylic acids is 3. The smallest absolute Gasteiger partial charge is 0.329 e. The predicted octanol–water partition coefficient (Wildman–Crippen LogP) is 1.17. The summed E-state index contributed by atoms with van der Waals surface area (Å²) in [6.45, 7) is 3.12. The van der Waals surface area contributed by atoms with E-state index in [9.17, 15) is 14.4 Å². The number of amides is 1. The molecule has 0 saturated carbocycles. The van der Waals surface area contributed by atoms with Crippen molar-refractivity contribution >= 4 is 28.8 Å². The van der Waals surface area contributed by atoms with Crippen molar-refractivity contribution in [3.63, 3.8) is 0 Å². The molecule has 0 radical (unpaired) electrons. The van der Waals surface area contributed by atoms with Crippen molar-refractivity contribution in [2.24, 2.45) is 0 Å². The fraction of sp³-hybridized carbons (Fsp3) is 0.538. The average Bonchev–Trinajstić information content (AvgIpc) is 2.46. The highest BCUT2D eigenvalue weighted by Crippen LogP contribution is 2.07. The Hall–Kier alpha value is -1.81. The van der Waals surface area contributed by atoms with Gasteiger partial charge in [0.05, 0.1) is 0 Å². The summed E-state index contributed by atoms with van der Waals surface area (Å²) in [7, 11) is 0. The van der Waals surface area contributed by atoms with Gasteiger partial charge in [-0.2, -0.15) is 5.26 Å². The minimum atomic E-state index is -0.906. The Balaban J connectivity index is 4.48. The Kier molecular flexibility index (Phi) is 10.1. The molecule has 0 aliphatic heterocycles. The van der Waals surface area contributed by atoms with Crippen LogP contribution in [0.4, 0.5) is 0 Å². The van der Waals surface area contributed by atoms with Crippen molar-refractivity contribution in [1.82, 2.24) is 5.32 Å². The summed E-state index contributed by atoms with van der Waals surface area (Å²) >= 11 is 1.06. The number of esters is 1. The standard InChI is InChI=1S/C13H18N2O4S/c1-3-4-5-11(16)15-10(6-7-12(17)20-2)13(18)19-9-8-14/h3,10H,1,4-7,9H2,2H3,(H,15,16)/t10-/m0/s1. The topological polar surface area (TPSA) is 96.3 Å². The van der Waals surface area contributed by atoms with Crippen molar-refractivity contribution < 1.29 is 19.1 Å². The molecule has 110 valence electrons. The molecule has 0 unspecified atom stereocenters. The number of thioether (sulfide) groups is 1. The van der Waals surface area contributed by atoms with Crippen LogP contribution >= 0.6 is 11.8 Å². The van der Waals surface area contributed by atoms with Crippen LogP contribution in [0, 0.1) is 11.3 Å². The van der Waals surface area contributed by atoms with Gasteiger partial charge in [0.1, 0.15) is 12.1 Å². The SMILES string of the molecule is C=CCCC(=O)N[C@@H](CCC(=O)SC)C(=O)OCC#N. The third-order valence-corrected chi connectivity index (χ3v) is 3.00. The van der Waals surface area contributed by atoms with Crippen molar-refractivity contribution in [2.75, 3.05) is 12.9 Å². The van der Waals surface area contributed by atoms with Gasteiger partial charge in [-0.05, 0) is 19.1 Å². The van der Waals surface area contributed by atoms with Crippen LogP contribution < -0.4 is 5.32 Å². The second-order valence-electron chi connectivity index (χ2n) is 3.83. The monoisotopic (exact) mass is 298 g/mol. The number of nitriles is 1. The molecule has 20 heavy (non-hydrogen) atoms. The van der Waals surface area contributed by atoms with Gasteiger partial charge in [0.2, 0.25) is 5.91 Å². The van der Waals surface area contributed by atoms with Crippen LogP contribution in [-0.2, 0) is 19.1 Å². The van der Waals surface area contributed by atoms with Crippen molar-refractivity contribution in [3.8, 4) is 6.07 Å². The lowest BCUT2D eigenvalue weighted by atomic mass is 10.1. The molecule has 1 atom stereocenters. The Morgan fingerprint density at radius 2 is 2.15 bits per heavy atom. The minimum Gasteiger partial charge on any atom is -0.449 e. The number of nitrogens with zero attached hydrogens (tertiary/aromatic N) is 1. The van der Waals surface area contributed by atoms with Gasteiger partial charge in [-0.3, -0.25) is 9.59 Å². The molecule has 7 heteroatoms. The second-order valence-corrected chi connectivity index (χ2v) is 4.69. The van der Waals surface area contributed by atoms with Crippen molar-refractivity contribution in [3.05, 3.63) is 12.7 Å². The Morgan fingerprint density at radius 3 is 2.70 bits per heavy atom. The Morgan fingerprint density at radius 1 is 1.45 bits per heavy atom. The highest BCUT2D eigenvalue weighted by Gasteiger charge is 2.22. The van der Waals surface area contributed by atoms with E-state index >= 15 is 0 Å². The first-order chi connectivity index (χ1) is 9.54. The van der Waals surface area contributed by atoms with Gasteiger partial charge in [-0.1, -0.05) is 17.8 Å². The highest BCUT2D eigenvalue weighted by molar-refractivity contribution is 8.13. The van der Waals surface area contributed by atoms with Gasteiger partial charge in [-0.25, -0.2) is 4.79 Å². The van der Waals surface area contributed by atoms with Crippen LogP contribution in [-0.4, -0.2) is 35.9 Å². The summed E-state index contributed by atoms with van der Waals surface area (Å²) in [5, 5.41) is 10.8. The number of nitrogens with one attached hydrogen (secondary N) is 1. The predicted molar refractivity (Wildman–Crippen MR) is 75.7 cm³/mol. The van der Waals surface area contributed by atoms with E-state index in [4.69, 9.17) is 5.26 Å². The number of allylic oxidation sites excluding steroid dienone is 1. The molecule has 0 aromatic carbocycles. The Labute approximate surface area is 122 Å². The molecular formula is C13H18N2O4S. The molecule has 6 nitrogen and oxygen atoms in total. The molecule has 0 aliphatic carbocycles. The zero-order chi connectivity index (χ0) is 15.4. The van der Waals surface area contributed by atoms with Crippen LogP contribution in [0.2, 0.25) is 0 Å². The lowest BCUT2D eigenvalue weighted by molar-refractivity contribution is -0.146. The van der Waals surface area contributed by atoms with E-state index in [1.807, 2.05) is 0 Å². The van der Waals surface area contributed by atoms with Gasteiger partial charge < -0.3 is 10.1 Å². The first-order valence-electron chi connectivity index (χ1n) is 6.05. The summed E-state index contributed by atoms with van der Waals surface area (Å²) in [6.07, 6.45) is 4.25. The fourth-order valence-electron chi connectivity index (χ4n) is 1.32. The van der Waals surface area contributed by atoms with Crippen LogP contribution in [0.15, 0.2) is 12.7 Å². The van der Waals surface area contributed by atoms with E-state index in [2.05, 4.69) is 16.6 Å². The summed E-state index contributed by atoms with van der Waals surface area (Å²) in [5.74, 6) is -1.02. The zero-order valence-electron chi connectivity index (χ0n) is 11.4. The van der Waals surface area contributed by atoms with E-state index < -0.39 is 12.0 Å². The number of ether oxygens (including phenoxy) is 1. The van der Waals surface area contributed by atoms with E-state index in [-0.39, 0.29) is 36.9 Å².